The first kappa shape index (κ1) is 12.8. The standard InChI is InChI=1S/C13H16ClF2N/c14-10-4-5-12(13(15)16)9(7-10)8-11-3-1-2-6-17-11/h4-5,7,11,13,17H,1-3,6,8H2. The van der Waals surface area contributed by atoms with E-state index in [0.29, 0.717) is 23.0 Å². The van der Waals surface area contributed by atoms with E-state index in [1.54, 1.807) is 6.07 Å². The zero-order chi connectivity index (χ0) is 12.3. The smallest absolute Gasteiger partial charge is 0.264 e. The molecule has 1 aliphatic rings. The van der Waals surface area contributed by atoms with Gasteiger partial charge in [-0.05, 0) is 43.5 Å². The first-order valence-corrected chi connectivity index (χ1v) is 6.34. The Morgan fingerprint density at radius 3 is 2.82 bits per heavy atom. The molecule has 0 aromatic heterocycles. The van der Waals surface area contributed by atoms with Crippen LogP contribution in [-0.4, -0.2) is 12.6 Å². The zero-order valence-electron chi connectivity index (χ0n) is 9.56. The van der Waals surface area contributed by atoms with Gasteiger partial charge < -0.3 is 5.32 Å². The quantitative estimate of drug-likeness (QED) is 0.866. The van der Waals surface area contributed by atoms with E-state index in [4.69, 9.17) is 11.6 Å². The van der Waals surface area contributed by atoms with Crippen LogP contribution in [0.5, 0.6) is 0 Å². The van der Waals surface area contributed by atoms with Crippen LogP contribution in [0.1, 0.15) is 36.8 Å². The molecular formula is C13H16ClF2N. The first-order chi connectivity index (χ1) is 8.16. The molecule has 1 aliphatic heterocycles. The second kappa shape index (κ2) is 5.78. The maximum Gasteiger partial charge on any atom is 0.264 e. The lowest BCUT2D eigenvalue weighted by Gasteiger charge is -2.24. The van der Waals surface area contributed by atoms with Gasteiger partial charge in [-0.3, -0.25) is 0 Å². The number of piperidine rings is 1. The highest BCUT2D eigenvalue weighted by Gasteiger charge is 2.18. The molecule has 0 saturated carbocycles. The number of benzene rings is 1. The highest BCUT2D eigenvalue weighted by Crippen LogP contribution is 2.27. The van der Waals surface area contributed by atoms with E-state index < -0.39 is 6.43 Å². The largest absolute Gasteiger partial charge is 0.314 e. The van der Waals surface area contributed by atoms with Crippen molar-refractivity contribution < 1.29 is 8.78 Å². The van der Waals surface area contributed by atoms with E-state index in [0.717, 1.165) is 13.0 Å². The second-order valence-corrected chi connectivity index (χ2v) is 4.93. The summed E-state index contributed by atoms with van der Waals surface area (Å²) in [6, 6.07) is 4.94. The average Bonchev–Trinajstić information content (AvgIpc) is 2.30. The van der Waals surface area contributed by atoms with Crippen LogP contribution >= 0.6 is 11.6 Å². The summed E-state index contributed by atoms with van der Waals surface area (Å²) in [5.74, 6) is 0. The van der Waals surface area contributed by atoms with Crippen LogP contribution in [-0.2, 0) is 6.42 Å². The summed E-state index contributed by atoms with van der Waals surface area (Å²) in [6.07, 6.45) is 1.61. The number of rotatable bonds is 3. The SMILES string of the molecule is FC(F)c1ccc(Cl)cc1CC1CCCCN1. The second-order valence-electron chi connectivity index (χ2n) is 4.49. The Balaban J connectivity index is 2.14. The third-order valence-electron chi connectivity index (χ3n) is 3.22. The van der Waals surface area contributed by atoms with Crippen molar-refractivity contribution in [2.24, 2.45) is 0 Å². The number of nitrogens with one attached hydrogen (secondary N) is 1. The van der Waals surface area contributed by atoms with Crippen molar-refractivity contribution in [2.45, 2.75) is 38.2 Å². The van der Waals surface area contributed by atoms with Crippen LogP contribution in [0.2, 0.25) is 5.02 Å². The molecule has 94 valence electrons. The molecule has 1 fully saturated rings. The summed E-state index contributed by atoms with van der Waals surface area (Å²) in [7, 11) is 0. The van der Waals surface area contributed by atoms with Gasteiger partial charge in [-0.2, -0.15) is 0 Å². The molecule has 0 amide bonds. The van der Waals surface area contributed by atoms with Gasteiger partial charge in [0.05, 0.1) is 0 Å². The Morgan fingerprint density at radius 2 is 2.18 bits per heavy atom. The molecule has 1 aromatic rings. The van der Waals surface area contributed by atoms with Crippen LogP contribution in [0.4, 0.5) is 8.78 Å². The molecule has 1 saturated heterocycles. The lowest BCUT2D eigenvalue weighted by Crippen LogP contribution is -2.35. The van der Waals surface area contributed by atoms with Gasteiger partial charge in [-0.1, -0.05) is 24.1 Å². The van der Waals surface area contributed by atoms with Crippen molar-refractivity contribution in [1.82, 2.24) is 5.32 Å². The van der Waals surface area contributed by atoms with Crippen LogP contribution in [0.15, 0.2) is 18.2 Å². The fraction of sp³-hybridized carbons (Fsp3) is 0.538. The zero-order valence-corrected chi connectivity index (χ0v) is 10.3. The van der Waals surface area contributed by atoms with Crippen LogP contribution in [0, 0.1) is 0 Å². The Hall–Kier alpha value is -0.670. The lowest BCUT2D eigenvalue weighted by molar-refractivity contribution is 0.150. The minimum Gasteiger partial charge on any atom is -0.314 e. The first-order valence-electron chi connectivity index (χ1n) is 5.96. The molecule has 1 atom stereocenters. The molecule has 1 N–H and O–H groups in total. The monoisotopic (exact) mass is 259 g/mol. The van der Waals surface area contributed by atoms with E-state index in [9.17, 15) is 8.78 Å². The summed E-state index contributed by atoms with van der Waals surface area (Å²) >= 11 is 5.87. The predicted molar refractivity (Wildman–Crippen MR) is 65.8 cm³/mol. The van der Waals surface area contributed by atoms with Crippen molar-refractivity contribution in [3.8, 4) is 0 Å². The summed E-state index contributed by atoms with van der Waals surface area (Å²) in [4.78, 5) is 0. The maximum atomic E-state index is 12.8. The number of hydrogen-bond donors (Lipinski definition) is 1. The number of halogens is 3. The Labute approximate surface area is 105 Å². The highest BCUT2D eigenvalue weighted by molar-refractivity contribution is 6.30. The normalized spacial score (nSPS) is 20.8. The molecule has 4 heteroatoms. The van der Waals surface area contributed by atoms with Gasteiger partial charge in [-0.15, -0.1) is 0 Å². The molecule has 2 rings (SSSR count). The lowest BCUT2D eigenvalue weighted by atomic mass is 9.95. The van der Waals surface area contributed by atoms with Gasteiger partial charge in [-0.25, -0.2) is 8.78 Å². The van der Waals surface area contributed by atoms with E-state index in [2.05, 4.69) is 5.32 Å². The topological polar surface area (TPSA) is 12.0 Å². The van der Waals surface area contributed by atoms with Crippen molar-refractivity contribution in [2.75, 3.05) is 6.54 Å². The molecule has 1 nitrogen and oxygen atoms in total. The van der Waals surface area contributed by atoms with Crippen molar-refractivity contribution in [3.05, 3.63) is 34.3 Å². The van der Waals surface area contributed by atoms with Gasteiger partial charge in [0, 0.05) is 16.6 Å². The van der Waals surface area contributed by atoms with E-state index in [1.165, 1.54) is 25.0 Å². The Morgan fingerprint density at radius 1 is 1.35 bits per heavy atom. The molecule has 0 spiro atoms. The third kappa shape index (κ3) is 3.39. The number of alkyl halides is 2. The minimum atomic E-state index is -2.43. The van der Waals surface area contributed by atoms with E-state index in [1.807, 2.05) is 0 Å². The van der Waals surface area contributed by atoms with Gasteiger partial charge >= 0.3 is 0 Å². The molecule has 0 aliphatic carbocycles. The molecule has 1 heterocycles. The van der Waals surface area contributed by atoms with Crippen LogP contribution in [0.3, 0.4) is 0 Å². The summed E-state index contributed by atoms with van der Waals surface area (Å²) in [5, 5.41) is 3.89. The summed E-state index contributed by atoms with van der Waals surface area (Å²) in [5.41, 5.74) is 0.786. The van der Waals surface area contributed by atoms with Crippen LogP contribution in [0.25, 0.3) is 0 Å². The Bertz CT molecular complexity index is 376. The molecule has 17 heavy (non-hydrogen) atoms. The number of hydrogen-bond acceptors (Lipinski definition) is 1. The highest BCUT2D eigenvalue weighted by atomic mass is 35.5. The van der Waals surface area contributed by atoms with Crippen molar-refractivity contribution >= 4 is 11.6 Å². The van der Waals surface area contributed by atoms with E-state index >= 15 is 0 Å². The Kier molecular flexibility index (Phi) is 4.35. The summed E-state index contributed by atoms with van der Waals surface area (Å²) < 4.78 is 25.7. The fourth-order valence-electron chi connectivity index (χ4n) is 2.33. The maximum absolute atomic E-state index is 12.8. The molecule has 1 aromatic carbocycles. The molecular weight excluding hydrogens is 244 g/mol. The van der Waals surface area contributed by atoms with E-state index in [-0.39, 0.29) is 5.56 Å². The van der Waals surface area contributed by atoms with Gasteiger partial charge in [0.25, 0.3) is 6.43 Å². The minimum absolute atomic E-state index is 0.113. The molecule has 0 bridgehead atoms. The average molecular weight is 260 g/mol. The predicted octanol–water partition coefficient (Wildman–Crippen LogP) is 3.96. The van der Waals surface area contributed by atoms with Crippen LogP contribution < -0.4 is 5.32 Å². The molecule has 0 radical (unpaired) electrons. The molecule has 1 unspecified atom stereocenters. The fourth-order valence-corrected chi connectivity index (χ4v) is 2.52. The van der Waals surface area contributed by atoms with Crippen molar-refractivity contribution in [3.63, 3.8) is 0 Å². The van der Waals surface area contributed by atoms with Gasteiger partial charge in [0.2, 0.25) is 0 Å². The summed E-state index contributed by atoms with van der Waals surface area (Å²) in [6.45, 7) is 0.981. The third-order valence-corrected chi connectivity index (χ3v) is 3.45. The van der Waals surface area contributed by atoms with Gasteiger partial charge in [0.15, 0.2) is 0 Å². The van der Waals surface area contributed by atoms with Crippen molar-refractivity contribution in [1.29, 1.82) is 0 Å². The van der Waals surface area contributed by atoms with Gasteiger partial charge in [0.1, 0.15) is 0 Å².